The van der Waals surface area contributed by atoms with Crippen molar-refractivity contribution in [2.24, 2.45) is 11.3 Å². The predicted octanol–water partition coefficient (Wildman–Crippen LogP) is 3.67. The zero-order chi connectivity index (χ0) is 11.2. The number of aliphatic hydroxyl groups is 1. The van der Waals surface area contributed by atoms with Gasteiger partial charge in [-0.25, -0.2) is 4.39 Å². The van der Waals surface area contributed by atoms with Gasteiger partial charge < -0.3 is 5.11 Å². The Morgan fingerprint density at radius 2 is 2.13 bits per heavy atom. The molecule has 1 nitrogen and oxygen atoms in total. The molecular weight excluding hydrogens is 259 g/mol. The van der Waals surface area contributed by atoms with Crippen LogP contribution in [0, 0.1) is 17.2 Å². The molecule has 0 aliphatic heterocycles. The summed E-state index contributed by atoms with van der Waals surface area (Å²) in [6, 6.07) is 5.05. The van der Waals surface area contributed by atoms with E-state index in [1.54, 1.807) is 18.2 Å². The van der Waals surface area contributed by atoms with Crippen LogP contribution in [-0.4, -0.2) is 5.11 Å². The van der Waals surface area contributed by atoms with Gasteiger partial charge >= 0.3 is 0 Å². The van der Waals surface area contributed by atoms with Crippen molar-refractivity contribution in [3.63, 3.8) is 0 Å². The zero-order valence-corrected chi connectivity index (χ0v) is 10.4. The number of hydrogen-bond acceptors (Lipinski definition) is 1. The molecule has 0 aromatic heterocycles. The summed E-state index contributed by atoms with van der Waals surface area (Å²) in [4.78, 5) is 0. The summed E-state index contributed by atoms with van der Waals surface area (Å²) in [5.41, 5.74) is 0.550. The number of aliphatic hydroxyl groups excluding tert-OH is 1. The molecule has 2 unspecified atom stereocenters. The highest BCUT2D eigenvalue weighted by Crippen LogP contribution is 2.58. The maximum absolute atomic E-state index is 13.7. The molecular formula is C12H14BrFO. The largest absolute Gasteiger partial charge is 0.388 e. The highest BCUT2D eigenvalue weighted by Gasteiger charge is 2.50. The van der Waals surface area contributed by atoms with Gasteiger partial charge in [-0.1, -0.05) is 26.0 Å². The summed E-state index contributed by atoms with van der Waals surface area (Å²) in [7, 11) is 0. The Kier molecular flexibility index (Phi) is 2.63. The molecule has 0 amide bonds. The topological polar surface area (TPSA) is 20.2 Å². The number of benzene rings is 1. The minimum Gasteiger partial charge on any atom is -0.388 e. The van der Waals surface area contributed by atoms with E-state index in [9.17, 15) is 9.50 Å². The van der Waals surface area contributed by atoms with Crippen molar-refractivity contribution >= 4 is 15.9 Å². The van der Waals surface area contributed by atoms with E-state index in [-0.39, 0.29) is 17.2 Å². The lowest BCUT2D eigenvalue weighted by molar-refractivity contribution is 0.134. The molecule has 15 heavy (non-hydrogen) atoms. The van der Waals surface area contributed by atoms with Gasteiger partial charge in [-0.15, -0.1) is 0 Å². The zero-order valence-electron chi connectivity index (χ0n) is 8.80. The van der Waals surface area contributed by atoms with E-state index in [1.807, 2.05) is 0 Å². The lowest BCUT2D eigenvalue weighted by Crippen LogP contribution is -2.07. The van der Waals surface area contributed by atoms with Crippen LogP contribution in [0.2, 0.25) is 0 Å². The van der Waals surface area contributed by atoms with Crippen LogP contribution in [0.3, 0.4) is 0 Å². The Labute approximate surface area is 97.4 Å². The molecule has 82 valence electrons. The molecule has 1 fully saturated rings. The average molecular weight is 273 g/mol. The molecule has 2 atom stereocenters. The predicted molar refractivity (Wildman–Crippen MR) is 60.9 cm³/mol. The van der Waals surface area contributed by atoms with E-state index in [0.717, 1.165) is 6.42 Å². The van der Waals surface area contributed by atoms with Gasteiger partial charge in [-0.05, 0) is 39.8 Å². The van der Waals surface area contributed by atoms with Crippen molar-refractivity contribution in [1.29, 1.82) is 0 Å². The molecule has 3 heteroatoms. The first-order valence-electron chi connectivity index (χ1n) is 5.05. The monoisotopic (exact) mass is 272 g/mol. The lowest BCUT2D eigenvalue weighted by atomic mass is 9.99. The molecule has 1 saturated carbocycles. The average Bonchev–Trinajstić information content (AvgIpc) is 2.79. The quantitative estimate of drug-likeness (QED) is 0.871. The van der Waals surface area contributed by atoms with Crippen LogP contribution in [0.5, 0.6) is 0 Å². The van der Waals surface area contributed by atoms with Crippen molar-refractivity contribution < 1.29 is 9.50 Å². The SMILES string of the molecule is CC1(C)CC1C(O)c1cccc(Br)c1F. The van der Waals surface area contributed by atoms with Gasteiger partial charge in [0.05, 0.1) is 10.6 Å². The van der Waals surface area contributed by atoms with Crippen molar-refractivity contribution in [2.45, 2.75) is 26.4 Å². The van der Waals surface area contributed by atoms with E-state index >= 15 is 0 Å². The Balaban J connectivity index is 2.27. The van der Waals surface area contributed by atoms with Crippen LogP contribution in [0.4, 0.5) is 4.39 Å². The number of rotatable bonds is 2. The van der Waals surface area contributed by atoms with Gasteiger partial charge in [0.25, 0.3) is 0 Å². The minimum absolute atomic E-state index is 0.147. The molecule has 0 saturated heterocycles. The van der Waals surface area contributed by atoms with Crippen LogP contribution < -0.4 is 0 Å². The van der Waals surface area contributed by atoms with Gasteiger partial charge in [0.2, 0.25) is 0 Å². The second kappa shape index (κ2) is 3.56. The van der Waals surface area contributed by atoms with Gasteiger partial charge in [0.15, 0.2) is 0 Å². The Morgan fingerprint density at radius 3 is 2.67 bits per heavy atom. The molecule has 1 N–H and O–H groups in total. The van der Waals surface area contributed by atoms with Crippen LogP contribution >= 0.6 is 15.9 Å². The maximum atomic E-state index is 13.7. The van der Waals surface area contributed by atoms with Gasteiger partial charge in [-0.2, -0.15) is 0 Å². The summed E-state index contributed by atoms with van der Waals surface area (Å²) in [6.07, 6.45) is 0.276. The normalized spacial score (nSPS) is 25.0. The highest BCUT2D eigenvalue weighted by molar-refractivity contribution is 9.10. The smallest absolute Gasteiger partial charge is 0.143 e. The summed E-state index contributed by atoms with van der Waals surface area (Å²) < 4.78 is 14.1. The summed E-state index contributed by atoms with van der Waals surface area (Å²) >= 11 is 3.13. The van der Waals surface area contributed by atoms with E-state index in [2.05, 4.69) is 29.8 Å². The van der Waals surface area contributed by atoms with E-state index in [1.165, 1.54) is 0 Å². The van der Waals surface area contributed by atoms with Crippen LogP contribution in [0.25, 0.3) is 0 Å². The molecule has 1 aliphatic rings. The summed E-state index contributed by atoms with van der Waals surface area (Å²) in [5, 5.41) is 10.0. The van der Waals surface area contributed by atoms with E-state index in [4.69, 9.17) is 0 Å². The van der Waals surface area contributed by atoms with Gasteiger partial charge in [-0.3, -0.25) is 0 Å². The van der Waals surface area contributed by atoms with Crippen LogP contribution in [0.1, 0.15) is 31.9 Å². The number of halogens is 2. The fourth-order valence-electron chi connectivity index (χ4n) is 2.01. The molecule has 1 aromatic carbocycles. The summed E-state index contributed by atoms with van der Waals surface area (Å²) in [6.45, 7) is 4.19. The second-order valence-electron chi connectivity index (χ2n) is 4.89. The standard InChI is InChI=1S/C12H14BrFO/c1-12(2)6-8(12)11(15)7-4-3-5-9(13)10(7)14/h3-5,8,11,15H,6H2,1-2H3. The number of hydrogen-bond donors (Lipinski definition) is 1. The third-order valence-electron chi connectivity index (χ3n) is 3.27. The second-order valence-corrected chi connectivity index (χ2v) is 5.74. The highest BCUT2D eigenvalue weighted by atomic mass is 79.9. The first-order chi connectivity index (χ1) is 6.93. The minimum atomic E-state index is -0.683. The van der Waals surface area contributed by atoms with Crippen molar-refractivity contribution in [2.75, 3.05) is 0 Å². The van der Waals surface area contributed by atoms with E-state index < -0.39 is 6.10 Å². The van der Waals surface area contributed by atoms with Crippen LogP contribution in [-0.2, 0) is 0 Å². The van der Waals surface area contributed by atoms with Crippen LogP contribution in [0.15, 0.2) is 22.7 Å². The fraction of sp³-hybridized carbons (Fsp3) is 0.500. The van der Waals surface area contributed by atoms with E-state index in [0.29, 0.717) is 10.0 Å². The molecule has 0 bridgehead atoms. The van der Waals surface area contributed by atoms with Crippen molar-refractivity contribution in [3.8, 4) is 0 Å². The van der Waals surface area contributed by atoms with Gasteiger partial charge in [0.1, 0.15) is 5.82 Å². The molecule has 0 spiro atoms. The Morgan fingerprint density at radius 1 is 1.53 bits per heavy atom. The first kappa shape index (κ1) is 11.1. The Hall–Kier alpha value is -0.410. The third-order valence-corrected chi connectivity index (χ3v) is 3.88. The Bertz CT molecular complexity index is 389. The molecule has 0 heterocycles. The summed E-state index contributed by atoms with van der Waals surface area (Å²) in [5.74, 6) is -0.158. The van der Waals surface area contributed by atoms with Crippen molar-refractivity contribution in [1.82, 2.24) is 0 Å². The van der Waals surface area contributed by atoms with Crippen molar-refractivity contribution in [3.05, 3.63) is 34.1 Å². The first-order valence-corrected chi connectivity index (χ1v) is 5.85. The molecule has 2 rings (SSSR count). The third kappa shape index (κ3) is 1.95. The maximum Gasteiger partial charge on any atom is 0.143 e. The lowest BCUT2D eigenvalue weighted by Gasteiger charge is -2.14. The fourth-order valence-corrected chi connectivity index (χ4v) is 2.39. The molecule has 1 aliphatic carbocycles. The van der Waals surface area contributed by atoms with Gasteiger partial charge in [0, 0.05) is 5.56 Å². The molecule has 1 aromatic rings. The molecule has 0 radical (unpaired) electrons.